The van der Waals surface area contributed by atoms with Crippen molar-refractivity contribution < 1.29 is 22.4 Å². The van der Waals surface area contributed by atoms with Gasteiger partial charge in [-0.15, -0.1) is 0 Å². The van der Waals surface area contributed by atoms with E-state index in [1.165, 1.54) is 18.2 Å². The van der Waals surface area contributed by atoms with E-state index in [4.69, 9.17) is 4.42 Å². The van der Waals surface area contributed by atoms with Crippen molar-refractivity contribution in [2.75, 3.05) is 0 Å². The number of rotatable bonds is 5. The first-order valence-corrected chi connectivity index (χ1v) is 10.3. The number of fused-ring (bicyclic) bond motifs is 1. The third-order valence-electron chi connectivity index (χ3n) is 6.00. The van der Waals surface area contributed by atoms with Crippen molar-refractivity contribution in [1.82, 2.24) is 15.3 Å². The van der Waals surface area contributed by atoms with Crippen LogP contribution in [0.2, 0.25) is 0 Å². The van der Waals surface area contributed by atoms with Gasteiger partial charge < -0.3 is 14.7 Å². The number of nitrogens with one attached hydrogen (secondary N) is 2. The van der Waals surface area contributed by atoms with Crippen LogP contribution in [-0.4, -0.2) is 15.9 Å². The SMILES string of the molecule is Cc1cnc(CNC(=O)[C@H]2C[C@H](c3c(-c4ccc(F)cc4)[nH]c4c(F)cc(F)cc43)C2)o1. The second-order valence-electron chi connectivity index (χ2n) is 8.18. The van der Waals surface area contributed by atoms with Crippen LogP contribution in [0.15, 0.2) is 47.0 Å². The number of carbonyl (C=O) groups is 1. The van der Waals surface area contributed by atoms with E-state index in [1.807, 2.05) is 0 Å². The Balaban J connectivity index is 1.40. The van der Waals surface area contributed by atoms with Gasteiger partial charge in [0.25, 0.3) is 0 Å². The Labute approximate surface area is 181 Å². The number of H-pyrrole nitrogens is 1. The van der Waals surface area contributed by atoms with E-state index in [0.717, 1.165) is 11.6 Å². The summed E-state index contributed by atoms with van der Waals surface area (Å²) >= 11 is 0. The van der Waals surface area contributed by atoms with Gasteiger partial charge in [0, 0.05) is 17.4 Å². The highest BCUT2D eigenvalue weighted by Gasteiger charge is 2.38. The van der Waals surface area contributed by atoms with E-state index >= 15 is 0 Å². The molecular formula is C24H20F3N3O2. The normalized spacial score (nSPS) is 18.0. The monoisotopic (exact) mass is 439 g/mol. The summed E-state index contributed by atoms with van der Waals surface area (Å²) in [5.41, 5.74) is 2.23. The number of oxazole rings is 1. The molecule has 0 aliphatic heterocycles. The Morgan fingerprint density at radius 3 is 2.59 bits per heavy atom. The lowest BCUT2D eigenvalue weighted by atomic mass is 9.70. The second-order valence-corrected chi connectivity index (χ2v) is 8.18. The molecule has 2 N–H and O–H groups in total. The molecule has 164 valence electrons. The van der Waals surface area contributed by atoms with Gasteiger partial charge in [-0.1, -0.05) is 0 Å². The Morgan fingerprint density at radius 2 is 1.91 bits per heavy atom. The number of amides is 1. The van der Waals surface area contributed by atoms with Crippen LogP contribution in [0, 0.1) is 30.3 Å². The number of hydrogen-bond donors (Lipinski definition) is 2. The molecule has 1 amide bonds. The van der Waals surface area contributed by atoms with Crippen molar-refractivity contribution in [3.05, 3.63) is 77.3 Å². The molecule has 0 unspecified atom stereocenters. The Morgan fingerprint density at radius 1 is 1.16 bits per heavy atom. The highest BCUT2D eigenvalue weighted by molar-refractivity contribution is 5.92. The Kier molecular flexibility index (Phi) is 5.00. The average molecular weight is 439 g/mol. The highest BCUT2D eigenvalue weighted by Crippen LogP contribution is 2.48. The molecule has 0 spiro atoms. The predicted octanol–water partition coefficient (Wildman–Crippen LogP) is 5.36. The molecule has 1 saturated carbocycles. The van der Waals surface area contributed by atoms with Crippen LogP contribution in [0.25, 0.3) is 22.2 Å². The molecule has 2 heterocycles. The Hall–Kier alpha value is -3.55. The van der Waals surface area contributed by atoms with Crippen LogP contribution in [0.4, 0.5) is 13.2 Å². The van der Waals surface area contributed by atoms with E-state index in [1.54, 1.807) is 25.3 Å². The predicted molar refractivity (Wildman–Crippen MR) is 112 cm³/mol. The van der Waals surface area contributed by atoms with Crippen molar-refractivity contribution >= 4 is 16.8 Å². The molecule has 1 aliphatic rings. The number of halogens is 3. The third-order valence-corrected chi connectivity index (χ3v) is 6.00. The minimum absolute atomic E-state index is 0.0651. The van der Waals surface area contributed by atoms with Crippen LogP contribution in [0.1, 0.15) is 36.0 Å². The highest BCUT2D eigenvalue weighted by atomic mass is 19.1. The summed E-state index contributed by atoms with van der Waals surface area (Å²) in [6, 6.07) is 7.97. The lowest BCUT2D eigenvalue weighted by Crippen LogP contribution is -2.37. The molecule has 0 bridgehead atoms. The molecular weight excluding hydrogens is 419 g/mol. The van der Waals surface area contributed by atoms with Gasteiger partial charge in [-0.25, -0.2) is 18.2 Å². The van der Waals surface area contributed by atoms with Crippen molar-refractivity contribution in [1.29, 1.82) is 0 Å². The van der Waals surface area contributed by atoms with E-state index in [2.05, 4.69) is 15.3 Å². The van der Waals surface area contributed by atoms with Crippen LogP contribution in [0.3, 0.4) is 0 Å². The van der Waals surface area contributed by atoms with E-state index in [-0.39, 0.29) is 35.6 Å². The van der Waals surface area contributed by atoms with Gasteiger partial charge in [-0.2, -0.15) is 0 Å². The van der Waals surface area contributed by atoms with Crippen LogP contribution >= 0.6 is 0 Å². The molecule has 0 saturated heterocycles. The molecule has 0 atom stereocenters. The fourth-order valence-corrected chi connectivity index (χ4v) is 4.37. The molecule has 5 nitrogen and oxygen atoms in total. The summed E-state index contributed by atoms with van der Waals surface area (Å²) in [6.07, 6.45) is 2.67. The quantitative estimate of drug-likeness (QED) is 0.440. The number of hydrogen-bond acceptors (Lipinski definition) is 3. The zero-order chi connectivity index (χ0) is 22.4. The summed E-state index contributed by atoms with van der Waals surface area (Å²) in [5, 5.41) is 3.27. The smallest absolute Gasteiger partial charge is 0.223 e. The Bertz CT molecular complexity index is 1300. The molecule has 0 radical (unpaired) electrons. The topological polar surface area (TPSA) is 70.9 Å². The second kappa shape index (κ2) is 7.85. The standard InChI is InChI=1S/C24H20F3N3O2/c1-12-10-28-20(32-12)11-29-24(31)15-6-14(7-15)21-18-8-17(26)9-19(27)23(18)30-22(21)13-2-4-16(25)5-3-13/h2-5,8-10,14-15,30H,6-7,11H2,1H3,(H,29,31)/t14-,15-. The summed E-state index contributed by atoms with van der Waals surface area (Å²) in [6.45, 7) is 1.98. The number of aromatic amines is 1. The van der Waals surface area contributed by atoms with Crippen molar-refractivity contribution in [2.45, 2.75) is 32.2 Å². The molecule has 1 fully saturated rings. The number of aryl methyl sites for hydroxylation is 1. The first-order chi connectivity index (χ1) is 15.4. The zero-order valence-electron chi connectivity index (χ0n) is 17.2. The fourth-order valence-electron chi connectivity index (χ4n) is 4.37. The molecule has 4 aromatic rings. The van der Waals surface area contributed by atoms with Crippen molar-refractivity contribution in [2.24, 2.45) is 5.92 Å². The number of aromatic nitrogens is 2. The summed E-state index contributed by atoms with van der Waals surface area (Å²) < 4.78 is 47.3. The van der Waals surface area contributed by atoms with Gasteiger partial charge in [0.05, 0.1) is 24.0 Å². The average Bonchev–Trinajstić information content (AvgIpc) is 3.30. The van der Waals surface area contributed by atoms with Crippen LogP contribution in [0.5, 0.6) is 0 Å². The third kappa shape index (κ3) is 3.66. The molecule has 1 aliphatic carbocycles. The van der Waals surface area contributed by atoms with Gasteiger partial charge in [-0.3, -0.25) is 4.79 Å². The number of nitrogens with zero attached hydrogens (tertiary/aromatic N) is 1. The van der Waals surface area contributed by atoms with Gasteiger partial charge in [0.1, 0.15) is 23.2 Å². The van der Waals surface area contributed by atoms with Crippen LogP contribution < -0.4 is 5.32 Å². The summed E-state index contributed by atoms with van der Waals surface area (Å²) in [5.74, 6) is -1.04. The summed E-state index contributed by atoms with van der Waals surface area (Å²) in [7, 11) is 0. The van der Waals surface area contributed by atoms with Gasteiger partial charge >= 0.3 is 0 Å². The molecule has 8 heteroatoms. The van der Waals surface area contributed by atoms with Crippen molar-refractivity contribution in [3.63, 3.8) is 0 Å². The first-order valence-electron chi connectivity index (χ1n) is 10.3. The van der Waals surface area contributed by atoms with Gasteiger partial charge in [0.15, 0.2) is 0 Å². The maximum Gasteiger partial charge on any atom is 0.223 e. The molecule has 2 aromatic heterocycles. The number of carbonyl (C=O) groups excluding carboxylic acids is 1. The lowest BCUT2D eigenvalue weighted by Gasteiger charge is -2.35. The molecule has 2 aromatic carbocycles. The maximum absolute atomic E-state index is 14.5. The zero-order valence-corrected chi connectivity index (χ0v) is 17.2. The molecule has 32 heavy (non-hydrogen) atoms. The van der Waals surface area contributed by atoms with Crippen molar-refractivity contribution in [3.8, 4) is 11.3 Å². The van der Waals surface area contributed by atoms with Gasteiger partial charge in [-0.05, 0) is 67.1 Å². The van der Waals surface area contributed by atoms with Crippen LogP contribution in [-0.2, 0) is 11.3 Å². The van der Waals surface area contributed by atoms with E-state index in [9.17, 15) is 18.0 Å². The minimum atomic E-state index is -0.690. The van der Waals surface area contributed by atoms with E-state index < -0.39 is 11.6 Å². The summed E-state index contributed by atoms with van der Waals surface area (Å²) in [4.78, 5) is 19.7. The van der Waals surface area contributed by atoms with Gasteiger partial charge in [0.2, 0.25) is 11.8 Å². The minimum Gasteiger partial charge on any atom is -0.444 e. The number of benzene rings is 2. The lowest BCUT2D eigenvalue weighted by molar-refractivity contribution is -0.128. The first kappa shape index (κ1) is 20.4. The van der Waals surface area contributed by atoms with E-state index in [0.29, 0.717) is 41.1 Å². The molecule has 5 rings (SSSR count). The fraction of sp³-hybridized carbons (Fsp3) is 0.250. The largest absolute Gasteiger partial charge is 0.444 e. The maximum atomic E-state index is 14.5.